The minimum absolute atomic E-state index is 0.972. The van der Waals surface area contributed by atoms with Crippen molar-refractivity contribution >= 4 is 80.9 Å². The molecule has 2 nitrogen and oxygen atoms in total. The first-order valence-electron chi connectivity index (χ1n) is 16.9. The van der Waals surface area contributed by atoms with Crippen LogP contribution in [0.15, 0.2) is 182 Å². The number of pyridine rings is 1. The van der Waals surface area contributed by atoms with E-state index >= 15 is 0 Å². The summed E-state index contributed by atoms with van der Waals surface area (Å²) in [6, 6.07) is 63.7. The van der Waals surface area contributed by atoms with Gasteiger partial charge in [0, 0.05) is 44.0 Å². The van der Waals surface area contributed by atoms with E-state index in [1.165, 1.54) is 63.9 Å². The van der Waals surface area contributed by atoms with Crippen molar-refractivity contribution < 1.29 is 0 Å². The summed E-state index contributed by atoms with van der Waals surface area (Å²) in [6.07, 6.45) is 1.97. The summed E-state index contributed by atoms with van der Waals surface area (Å²) in [4.78, 5) is 7.20. The number of aromatic nitrogens is 1. The van der Waals surface area contributed by atoms with Crippen molar-refractivity contribution in [1.29, 1.82) is 0 Å². The normalized spacial score (nSPS) is 11.6. The summed E-state index contributed by atoms with van der Waals surface area (Å²) in [7, 11) is 0. The number of thiophene rings is 1. The van der Waals surface area contributed by atoms with Crippen LogP contribution in [-0.4, -0.2) is 4.98 Å². The Kier molecular flexibility index (Phi) is 6.71. The Hall–Kier alpha value is -6.29. The van der Waals surface area contributed by atoms with Gasteiger partial charge in [-0.05, 0) is 92.7 Å². The van der Waals surface area contributed by atoms with E-state index in [1.807, 2.05) is 17.5 Å². The van der Waals surface area contributed by atoms with Gasteiger partial charge in [0.15, 0.2) is 0 Å². The van der Waals surface area contributed by atoms with E-state index in [1.54, 1.807) is 0 Å². The van der Waals surface area contributed by atoms with Crippen LogP contribution in [0.25, 0.3) is 74.9 Å². The molecule has 0 saturated carbocycles. The maximum Gasteiger partial charge on any atom is 0.0708 e. The molecule has 10 rings (SSSR count). The van der Waals surface area contributed by atoms with E-state index in [-0.39, 0.29) is 0 Å². The van der Waals surface area contributed by atoms with E-state index in [0.717, 1.165) is 28.0 Å². The molecule has 0 fully saturated rings. The second-order valence-electron chi connectivity index (χ2n) is 12.9. The number of hydrogen-bond acceptors (Lipinski definition) is 3. The van der Waals surface area contributed by atoms with Gasteiger partial charge in [0.1, 0.15) is 0 Å². The largest absolute Gasteiger partial charge is 0.309 e. The zero-order chi connectivity index (χ0) is 33.0. The summed E-state index contributed by atoms with van der Waals surface area (Å²) in [6.45, 7) is 0. The summed E-state index contributed by atoms with van der Waals surface area (Å²) < 4.78 is 2.58. The van der Waals surface area contributed by atoms with Crippen LogP contribution < -0.4 is 4.90 Å². The van der Waals surface area contributed by atoms with Gasteiger partial charge in [-0.2, -0.15) is 0 Å². The number of rotatable bonds is 5. The standard InChI is InChI=1S/C47H30N2S/c1-2-9-34-26-38(17-16-31(34)8-1)32-18-22-40(23-19-32)49(41-24-20-33(21-25-41)44-28-36-11-5-6-13-39(36)30-48-44)45-15-7-14-42-43-27-35-10-3-4-12-37(35)29-46(43)50-47(42)45/h1-30H. The summed E-state index contributed by atoms with van der Waals surface area (Å²) in [5.41, 5.74) is 7.86. The minimum Gasteiger partial charge on any atom is -0.309 e. The maximum absolute atomic E-state index is 4.80. The van der Waals surface area contributed by atoms with Gasteiger partial charge in [-0.25, -0.2) is 0 Å². The highest BCUT2D eigenvalue weighted by Crippen LogP contribution is 2.46. The topological polar surface area (TPSA) is 16.1 Å². The van der Waals surface area contributed by atoms with Crippen molar-refractivity contribution in [2.75, 3.05) is 4.90 Å². The highest BCUT2D eigenvalue weighted by molar-refractivity contribution is 7.26. The van der Waals surface area contributed by atoms with Gasteiger partial charge >= 0.3 is 0 Å². The van der Waals surface area contributed by atoms with Crippen LogP contribution in [0.1, 0.15) is 0 Å². The fourth-order valence-electron chi connectivity index (χ4n) is 7.27. The average Bonchev–Trinajstić information content (AvgIpc) is 3.55. The molecule has 2 aromatic heterocycles. The smallest absolute Gasteiger partial charge is 0.0708 e. The highest BCUT2D eigenvalue weighted by Gasteiger charge is 2.19. The fourth-order valence-corrected chi connectivity index (χ4v) is 8.50. The van der Waals surface area contributed by atoms with Crippen LogP contribution in [0, 0.1) is 0 Å². The van der Waals surface area contributed by atoms with Crippen LogP contribution in [-0.2, 0) is 0 Å². The Morgan fingerprint density at radius 3 is 1.70 bits per heavy atom. The van der Waals surface area contributed by atoms with Crippen molar-refractivity contribution in [2.24, 2.45) is 0 Å². The number of nitrogens with zero attached hydrogens (tertiary/aromatic N) is 2. The van der Waals surface area contributed by atoms with Crippen LogP contribution in [0.5, 0.6) is 0 Å². The molecule has 0 aliphatic rings. The predicted octanol–water partition coefficient (Wildman–Crippen LogP) is 13.7. The van der Waals surface area contributed by atoms with E-state index in [2.05, 4.69) is 181 Å². The molecule has 234 valence electrons. The van der Waals surface area contributed by atoms with Crippen molar-refractivity contribution in [3.8, 4) is 22.4 Å². The molecule has 0 N–H and O–H groups in total. The molecule has 3 heteroatoms. The van der Waals surface area contributed by atoms with E-state index < -0.39 is 0 Å². The Morgan fingerprint density at radius 2 is 0.980 bits per heavy atom. The van der Waals surface area contributed by atoms with Gasteiger partial charge in [-0.3, -0.25) is 4.98 Å². The summed E-state index contributed by atoms with van der Waals surface area (Å²) in [5, 5.41) is 9.97. The molecule has 0 aliphatic carbocycles. The Labute approximate surface area is 294 Å². The number of fused-ring (bicyclic) bond motifs is 6. The molecule has 0 spiro atoms. The number of benzene rings is 8. The van der Waals surface area contributed by atoms with Crippen molar-refractivity contribution in [2.45, 2.75) is 0 Å². The molecule has 0 aliphatic heterocycles. The van der Waals surface area contributed by atoms with E-state index in [9.17, 15) is 0 Å². The predicted molar refractivity (Wildman–Crippen MR) is 215 cm³/mol. The number of anilines is 3. The van der Waals surface area contributed by atoms with E-state index in [4.69, 9.17) is 4.98 Å². The summed E-state index contributed by atoms with van der Waals surface area (Å²) in [5.74, 6) is 0. The highest BCUT2D eigenvalue weighted by atomic mass is 32.1. The number of hydrogen-bond donors (Lipinski definition) is 0. The quantitative estimate of drug-likeness (QED) is 0.184. The van der Waals surface area contributed by atoms with Gasteiger partial charge in [0.05, 0.1) is 16.1 Å². The Balaban J connectivity index is 1.11. The molecule has 0 atom stereocenters. The molecular weight excluding hydrogens is 625 g/mol. The van der Waals surface area contributed by atoms with Gasteiger partial charge < -0.3 is 4.90 Å². The average molecular weight is 655 g/mol. The molecule has 8 aromatic carbocycles. The third-order valence-electron chi connectivity index (χ3n) is 9.85. The maximum atomic E-state index is 4.80. The van der Waals surface area contributed by atoms with Crippen molar-refractivity contribution in [1.82, 2.24) is 4.98 Å². The molecular formula is C47H30N2S. The second kappa shape index (κ2) is 11.7. The third-order valence-corrected chi connectivity index (χ3v) is 11.0. The molecule has 50 heavy (non-hydrogen) atoms. The minimum atomic E-state index is 0.972. The lowest BCUT2D eigenvalue weighted by atomic mass is 10.0. The van der Waals surface area contributed by atoms with Crippen LogP contribution in [0.4, 0.5) is 17.1 Å². The molecule has 0 amide bonds. The first kappa shape index (κ1) is 28.7. The molecule has 10 aromatic rings. The molecule has 0 radical (unpaired) electrons. The van der Waals surface area contributed by atoms with Gasteiger partial charge in [-0.15, -0.1) is 11.3 Å². The van der Waals surface area contributed by atoms with Crippen molar-refractivity contribution in [3.05, 3.63) is 182 Å². The third kappa shape index (κ3) is 4.91. The fraction of sp³-hybridized carbons (Fsp3) is 0. The first-order valence-corrected chi connectivity index (χ1v) is 17.8. The van der Waals surface area contributed by atoms with Gasteiger partial charge in [0.2, 0.25) is 0 Å². The SMILES string of the molecule is c1ccc2cc(-c3ccc(N(c4ccc(-c5cc6ccccc6cn5)cc4)c4cccc5c4sc4cc6ccccc6cc45)cc3)ccc2c1. The van der Waals surface area contributed by atoms with Crippen molar-refractivity contribution in [3.63, 3.8) is 0 Å². The van der Waals surface area contributed by atoms with Gasteiger partial charge in [0.25, 0.3) is 0 Å². The summed E-state index contributed by atoms with van der Waals surface area (Å²) >= 11 is 1.87. The molecule has 0 saturated heterocycles. The molecule has 0 unspecified atom stereocenters. The first-order chi connectivity index (χ1) is 24.7. The lowest BCUT2D eigenvalue weighted by Crippen LogP contribution is -2.10. The van der Waals surface area contributed by atoms with Crippen LogP contribution >= 0.6 is 11.3 Å². The molecule has 0 bridgehead atoms. The lowest BCUT2D eigenvalue weighted by Gasteiger charge is -2.26. The zero-order valence-electron chi connectivity index (χ0n) is 27.1. The Bertz CT molecular complexity index is 2750. The van der Waals surface area contributed by atoms with Gasteiger partial charge in [-0.1, -0.05) is 121 Å². The molecule has 2 heterocycles. The second-order valence-corrected chi connectivity index (χ2v) is 13.9. The lowest BCUT2D eigenvalue weighted by molar-refractivity contribution is 1.30. The monoisotopic (exact) mass is 654 g/mol. The van der Waals surface area contributed by atoms with Crippen LogP contribution in [0.3, 0.4) is 0 Å². The van der Waals surface area contributed by atoms with Crippen LogP contribution in [0.2, 0.25) is 0 Å². The van der Waals surface area contributed by atoms with E-state index in [0.29, 0.717) is 0 Å². The zero-order valence-corrected chi connectivity index (χ0v) is 27.9. The Morgan fingerprint density at radius 1 is 0.400 bits per heavy atom.